The fourth-order valence-electron chi connectivity index (χ4n) is 1.84. The first-order valence-corrected chi connectivity index (χ1v) is 6.78. The normalized spacial score (nSPS) is 10.4. The first-order valence-electron chi connectivity index (χ1n) is 6.40. The first-order chi connectivity index (χ1) is 11.1. The van der Waals surface area contributed by atoms with Crippen LogP contribution in [0.5, 0.6) is 0 Å². The van der Waals surface area contributed by atoms with Gasteiger partial charge in [-0.05, 0) is 23.8 Å². The smallest absolute Gasteiger partial charge is 0.172 e. The van der Waals surface area contributed by atoms with Gasteiger partial charge in [0.05, 0.1) is 23.8 Å². The molecule has 0 unspecified atom stereocenters. The van der Waals surface area contributed by atoms with Crippen LogP contribution in [0.1, 0.15) is 22.6 Å². The number of hydrogen-bond acceptors (Lipinski definition) is 6. The van der Waals surface area contributed by atoms with E-state index in [1.165, 1.54) is 0 Å². The van der Waals surface area contributed by atoms with Crippen LogP contribution in [0.15, 0.2) is 24.3 Å². The van der Waals surface area contributed by atoms with Crippen LogP contribution < -0.4 is 5.73 Å². The van der Waals surface area contributed by atoms with E-state index >= 15 is 0 Å². The Labute approximate surface area is 137 Å². The summed E-state index contributed by atoms with van der Waals surface area (Å²) in [6.45, 7) is 0. The van der Waals surface area contributed by atoms with Gasteiger partial charge in [0.25, 0.3) is 0 Å². The van der Waals surface area contributed by atoms with Crippen molar-refractivity contribution in [2.45, 2.75) is 6.42 Å². The molecule has 0 spiro atoms. The minimum Gasteiger partial charge on any atom is -0.382 e. The number of benzene rings is 1. The number of nitrogens with two attached hydrogens (primary N) is 1. The van der Waals surface area contributed by atoms with Gasteiger partial charge in [0, 0.05) is 5.02 Å². The van der Waals surface area contributed by atoms with Gasteiger partial charge in [0.15, 0.2) is 5.82 Å². The maximum Gasteiger partial charge on any atom is 0.172 e. The third-order valence-corrected chi connectivity index (χ3v) is 3.16. The highest BCUT2D eigenvalue weighted by Gasteiger charge is 2.14. The van der Waals surface area contributed by atoms with Crippen molar-refractivity contribution >= 4 is 29.1 Å². The average Bonchev–Trinajstić information content (AvgIpc) is 2.54. The van der Waals surface area contributed by atoms with E-state index in [0.717, 1.165) is 5.56 Å². The Morgan fingerprint density at radius 2 is 1.87 bits per heavy atom. The molecular weight excluding hydrogens is 312 g/mol. The molecule has 110 valence electrons. The number of nitrogens with zero attached hydrogens (tertiary/aromatic N) is 5. The zero-order valence-corrected chi connectivity index (χ0v) is 12.5. The minimum atomic E-state index is -0.0950. The topological polar surface area (TPSA) is 123 Å². The van der Waals surface area contributed by atoms with Gasteiger partial charge < -0.3 is 5.73 Å². The molecule has 0 aliphatic rings. The van der Waals surface area contributed by atoms with E-state index in [9.17, 15) is 5.26 Å². The molecule has 0 bridgehead atoms. The fraction of sp³-hybridized carbons (Fsp3) is 0.0625. The molecule has 0 aliphatic heterocycles. The van der Waals surface area contributed by atoms with Gasteiger partial charge in [-0.1, -0.05) is 23.7 Å². The lowest BCUT2D eigenvalue weighted by Crippen LogP contribution is -2.07. The Balaban J connectivity index is 2.55. The van der Waals surface area contributed by atoms with Gasteiger partial charge in [-0.3, -0.25) is 0 Å². The standard InChI is InChI=1S/C16H9ClN6/c17-12-3-1-10(2-4-12)7-11(8-19)16-22-14(5-6-18)13(9-20)15(21)23-16/h1-4,7H,5H2,(H2,21,22,23)/b11-7+. The van der Waals surface area contributed by atoms with Crippen LogP contribution in [-0.2, 0) is 6.42 Å². The maximum atomic E-state index is 9.34. The van der Waals surface area contributed by atoms with Crippen molar-refractivity contribution in [1.29, 1.82) is 15.8 Å². The second kappa shape index (κ2) is 7.04. The summed E-state index contributed by atoms with van der Waals surface area (Å²) in [5.41, 5.74) is 6.89. The summed E-state index contributed by atoms with van der Waals surface area (Å²) < 4.78 is 0. The molecule has 0 saturated carbocycles. The average molecular weight is 321 g/mol. The number of allylic oxidation sites excluding steroid dienone is 1. The van der Waals surface area contributed by atoms with Gasteiger partial charge in [0.2, 0.25) is 0 Å². The second-order valence-electron chi connectivity index (χ2n) is 4.42. The first kappa shape index (κ1) is 16.0. The number of rotatable bonds is 3. The summed E-state index contributed by atoms with van der Waals surface area (Å²) in [6, 6.07) is 12.6. The summed E-state index contributed by atoms with van der Waals surface area (Å²) in [5, 5.41) is 27.8. The molecule has 7 heteroatoms. The molecule has 23 heavy (non-hydrogen) atoms. The number of nitrogen functional groups attached to an aromatic ring is 1. The molecule has 0 fully saturated rings. The van der Waals surface area contributed by atoms with E-state index in [2.05, 4.69) is 9.97 Å². The van der Waals surface area contributed by atoms with Crippen LogP contribution in [-0.4, -0.2) is 9.97 Å². The van der Waals surface area contributed by atoms with Crippen molar-refractivity contribution in [3.05, 3.63) is 51.9 Å². The highest BCUT2D eigenvalue weighted by Crippen LogP contribution is 2.20. The summed E-state index contributed by atoms with van der Waals surface area (Å²) >= 11 is 5.82. The van der Waals surface area contributed by atoms with Crippen LogP contribution in [0.2, 0.25) is 5.02 Å². The predicted molar refractivity (Wildman–Crippen MR) is 85.4 cm³/mol. The Morgan fingerprint density at radius 3 is 2.43 bits per heavy atom. The summed E-state index contributed by atoms with van der Waals surface area (Å²) in [6.07, 6.45) is 1.48. The largest absolute Gasteiger partial charge is 0.382 e. The molecular formula is C16H9ClN6. The molecule has 0 amide bonds. The SMILES string of the molecule is N#CCc1nc(/C(C#N)=C/c2ccc(Cl)cc2)nc(N)c1C#N. The molecule has 0 atom stereocenters. The summed E-state index contributed by atoms with van der Waals surface area (Å²) in [4.78, 5) is 8.12. The molecule has 0 saturated heterocycles. The third-order valence-electron chi connectivity index (χ3n) is 2.91. The van der Waals surface area contributed by atoms with E-state index in [1.54, 1.807) is 30.3 Å². The lowest BCUT2D eigenvalue weighted by molar-refractivity contribution is 1.02. The predicted octanol–water partition coefficient (Wildman–Crippen LogP) is 2.71. The summed E-state index contributed by atoms with van der Waals surface area (Å²) in [5.74, 6) is 0.0178. The van der Waals surface area contributed by atoms with Crippen molar-refractivity contribution in [2.24, 2.45) is 0 Å². The molecule has 1 aromatic carbocycles. The molecule has 1 aromatic heterocycles. The maximum absolute atomic E-state index is 9.34. The molecule has 2 aromatic rings. The highest BCUT2D eigenvalue weighted by atomic mass is 35.5. The van der Waals surface area contributed by atoms with Crippen LogP contribution in [0, 0.1) is 34.0 Å². The highest BCUT2D eigenvalue weighted by molar-refractivity contribution is 6.30. The Kier molecular flexibility index (Phi) is 4.89. The number of aromatic nitrogens is 2. The van der Waals surface area contributed by atoms with Crippen LogP contribution in [0.4, 0.5) is 5.82 Å². The zero-order valence-electron chi connectivity index (χ0n) is 11.8. The van der Waals surface area contributed by atoms with Gasteiger partial charge in [-0.25, -0.2) is 9.97 Å². The van der Waals surface area contributed by atoms with Crippen molar-refractivity contribution in [3.63, 3.8) is 0 Å². The monoisotopic (exact) mass is 320 g/mol. The molecule has 2 rings (SSSR count). The van der Waals surface area contributed by atoms with E-state index in [0.29, 0.717) is 5.02 Å². The molecule has 0 radical (unpaired) electrons. The van der Waals surface area contributed by atoms with E-state index in [1.807, 2.05) is 18.2 Å². The Hall–Kier alpha value is -3.40. The number of nitriles is 3. The lowest BCUT2D eigenvalue weighted by Gasteiger charge is -2.05. The van der Waals surface area contributed by atoms with Gasteiger partial charge in [-0.2, -0.15) is 15.8 Å². The summed E-state index contributed by atoms with van der Waals surface area (Å²) in [7, 11) is 0. The zero-order chi connectivity index (χ0) is 16.8. The number of hydrogen-bond donors (Lipinski definition) is 1. The van der Waals surface area contributed by atoms with Crippen LogP contribution in [0.25, 0.3) is 11.6 Å². The lowest BCUT2D eigenvalue weighted by atomic mass is 10.1. The van der Waals surface area contributed by atoms with Crippen LogP contribution in [0.3, 0.4) is 0 Å². The van der Waals surface area contributed by atoms with Crippen molar-refractivity contribution < 1.29 is 0 Å². The number of anilines is 1. The molecule has 6 nitrogen and oxygen atoms in total. The molecule has 0 aliphatic carbocycles. The third kappa shape index (κ3) is 3.63. The van der Waals surface area contributed by atoms with E-state index in [-0.39, 0.29) is 34.9 Å². The second-order valence-corrected chi connectivity index (χ2v) is 4.86. The van der Waals surface area contributed by atoms with Crippen LogP contribution >= 0.6 is 11.6 Å². The molecule has 2 N–H and O–H groups in total. The molecule has 1 heterocycles. The Bertz CT molecular complexity index is 894. The minimum absolute atomic E-state index is 0.0547. The quantitative estimate of drug-likeness (QED) is 0.867. The van der Waals surface area contributed by atoms with Crippen molar-refractivity contribution in [1.82, 2.24) is 9.97 Å². The number of halogens is 1. The van der Waals surface area contributed by atoms with Gasteiger partial charge >= 0.3 is 0 Å². The Morgan fingerprint density at radius 1 is 1.17 bits per heavy atom. The fourth-order valence-corrected chi connectivity index (χ4v) is 1.97. The van der Waals surface area contributed by atoms with Crippen molar-refractivity contribution in [3.8, 4) is 18.2 Å². The van der Waals surface area contributed by atoms with Gasteiger partial charge in [-0.15, -0.1) is 0 Å². The van der Waals surface area contributed by atoms with Crippen molar-refractivity contribution in [2.75, 3.05) is 5.73 Å². The van der Waals surface area contributed by atoms with Gasteiger partial charge in [0.1, 0.15) is 23.5 Å². The van der Waals surface area contributed by atoms with E-state index < -0.39 is 0 Å². The van der Waals surface area contributed by atoms with E-state index in [4.69, 9.17) is 27.9 Å².